The van der Waals surface area contributed by atoms with E-state index in [1.165, 1.54) is 0 Å². The average Bonchev–Trinajstić information content (AvgIpc) is 2.74. The van der Waals surface area contributed by atoms with Crippen LogP contribution in [0.4, 0.5) is 0 Å². The fourth-order valence-electron chi connectivity index (χ4n) is 2.87. The van der Waals surface area contributed by atoms with Crippen LogP contribution in [0, 0.1) is 0 Å². The van der Waals surface area contributed by atoms with Crippen molar-refractivity contribution in [3.63, 3.8) is 0 Å². The summed E-state index contributed by atoms with van der Waals surface area (Å²) in [7, 11) is 0. The Morgan fingerprint density at radius 2 is 1.83 bits per heavy atom. The second-order valence-corrected chi connectivity index (χ2v) is 8.98. The highest BCUT2D eigenvalue weighted by atomic mass is 35.5. The van der Waals surface area contributed by atoms with Gasteiger partial charge in [0.15, 0.2) is 0 Å². The van der Waals surface area contributed by atoms with Crippen LogP contribution in [0.3, 0.4) is 0 Å². The van der Waals surface area contributed by atoms with Gasteiger partial charge in [-0.25, -0.2) is 0 Å². The van der Waals surface area contributed by atoms with Gasteiger partial charge in [0.2, 0.25) is 11.8 Å². The van der Waals surface area contributed by atoms with Gasteiger partial charge in [0.05, 0.1) is 10.0 Å². The second kappa shape index (κ2) is 12.9. The molecule has 30 heavy (non-hydrogen) atoms. The van der Waals surface area contributed by atoms with Gasteiger partial charge in [-0.15, -0.1) is 11.8 Å². The molecule has 0 spiro atoms. The molecule has 2 aromatic carbocycles. The highest BCUT2D eigenvalue weighted by Gasteiger charge is 2.25. The van der Waals surface area contributed by atoms with Crippen LogP contribution in [-0.4, -0.2) is 35.1 Å². The van der Waals surface area contributed by atoms with Crippen LogP contribution >= 0.6 is 35.0 Å². The number of nitrogens with one attached hydrogen (secondary N) is 1. The maximum absolute atomic E-state index is 13.0. The number of carbonyl (C=O) groups excluding carboxylic acids is 2. The van der Waals surface area contributed by atoms with Crippen LogP contribution in [0.5, 0.6) is 0 Å². The topological polar surface area (TPSA) is 49.4 Å². The van der Waals surface area contributed by atoms with Gasteiger partial charge < -0.3 is 10.2 Å². The Morgan fingerprint density at radius 3 is 2.50 bits per heavy atom. The van der Waals surface area contributed by atoms with Crippen molar-refractivity contribution in [2.24, 2.45) is 0 Å². The summed E-state index contributed by atoms with van der Waals surface area (Å²) < 4.78 is 0. The van der Waals surface area contributed by atoms with E-state index in [2.05, 4.69) is 12.2 Å². The van der Waals surface area contributed by atoms with Gasteiger partial charge in [-0.05, 0) is 43.2 Å². The predicted octanol–water partition coefficient (Wildman–Crippen LogP) is 5.81. The maximum Gasteiger partial charge on any atom is 0.242 e. The minimum Gasteiger partial charge on any atom is -0.354 e. The monoisotopic (exact) mass is 466 g/mol. The first-order valence-corrected chi connectivity index (χ1v) is 11.9. The van der Waals surface area contributed by atoms with Crippen molar-refractivity contribution in [2.45, 2.75) is 50.6 Å². The van der Waals surface area contributed by atoms with E-state index < -0.39 is 6.04 Å². The quantitative estimate of drug-likeness (QED) is 0.335. The first kappa shape index (κ1) is 24.6. The lowest BCUT2D eigenvalue weighted by Gasteiger charge is -2.29. The Morgan fingerprint density at radius 1 is 1.10 bits per heavy atom. The summed E-state index contributed by atoms with van der Waals surface area (Å²) >= 11 is 13.8. The maximum atomic E-state index is 13.0. The Labute approximate surface area is 193 Å². The molecular formula is C23H28Cl2N2O2S. The fourth-order valence-corrected chi connectivity index (χ4v) is 4.05. The molecule has 162 valence electrons. The Bertz CT molecular complexity index is 833. The zero-order valence-electron chi connectivity index (χ0n) is 17.4. The fraction of sp³-hybridized carbons (Fsp3) is 0.391. The number of halogens is 2. The average molecular weight is 467 g/mol. The van der Waals surface area contributed by atoms with Crippen molar-refractivity contribution in [1.29, 1.82) is 0 Å². The third-order valence-electron chi connectivity index (χ3n) is 4.66. The van der Waals surface area contributed by atoms with Crippen molar-refractivity contribution in [1.82, 2.24) is 10.2 Å². The van der Waals surface area contributed by atoms with Gasteiger partial charge in [0, 0.05) is 30.2 Å². The van der Waals surface area contributed by atoms with E-state index in [1.54, 1.807) is 35.7 Å². The van der Waals surface area contributed by atoms with E-state index in [9.17, 15) is 9.59 Å². The Balaban J connectivity index is 2.07. The van der Waals surface area contributed by atoms with E-state index in [4.69, 9.17) is 23.2 Å². The van der Waals surface area contributed by atoms with E-state index >= 15 is 0 Å². The zero-order valence-corrected chi connectivity index (χ0v) is 19.7. The largest absolute Gasteiger partial charge is 0.354 e. The number of hydrogen-bond donors (Lipinski definition) is 1. The van der Waals surface area contributed by atoms with Crippen molar-refractivity contribution >= 4 is 46.8 Å². The molecule has 2 aromatic rings. The summed E-state index contributed by atoms with van der Waals surface area (Å²) in [4.78, 5) is 28.4. The van der Waals surface area contributed by atoms with Gasteiger partial charge in [0.25, 0.3) is 0 Å². The molecule has 4 nitrogen and oxygen atoms in total. The van der Waals surface area contributed by atoms with Crippen molar-refractivity contribution < 1.29 is 9.59 Å². The van der Waals surface area contributed by atoms with Gasteiger partial charge >= 0.3 is 0 Å². The van der Waals surface area contributed by atoms with E-state index in [-0.39, 0.29) is 11.8 Å². The molecule has 0 fully saturated rings. The summed E-state index contributed by atoms with van der Waals surface area (Å²) in [6.07, 6.45) is 2.25. The number of nitrogens with zero attached hydrogens (tertiary/aromatic N) is 1. The molecule has 1 atom stereocenters. The third kappa shape index (κ3) is 7.86. The number of amides is 2. The molecule has 0 aliphatic carbocycles. The lowest BCUT2D eigenvalue weighted by molar-refractivity contribution is -0.140. The van der Waals surface area contributed by atoms with E-state index in [0.29, 0.717) is 35.3 Å². The summed E-state index contributed by atoms with van der Waals surface area (Å²) in [5.41, 5.74) is 0.835. The van der Waals surface area contributed by atoms with E-state index in [0.717, 1.165) is 23.3 Å². The van der Waals surface area contributed by atoms with Crippen molar-refractivity contribution in [2.75, 3.05) is 12.3 Å². The van der Waals surface area contributed by atoms with Gasteiger partial charge in [-0.2, -0.15) is 0 Å². The standard InChI is InChI=1S/C23H28Cl2N2O2S/c1-3-4-13-26-23(29)17(2)27(16-18-10-11-20(24)21(25)15-18)22(28)12-14-30-19-8-6-5-7-9-19/h5-11,15,17H,3-4,12-14,16H2,1-2H3,(H,26,29)/t17-/m0/s1. The molecule has 2 amide bonds. The first-order valence-electron chi connectivity index (χ1n) is 10.1. The zero-order chi connectivity index (χ0) is 21.9. The molecule has 0 bridgehead atoms. The molecule has 0 heterocycles. The number of rotatable bonds is 11. The Hall–Kier alpha value is -1.69. The number of thioether (sulfide) groups is 1. The normalized spacial score (nSPS) is 11.7. The molecule has 0 saturated heterocycles. The molecule has 1 N–H and O–H groups in total. The molecule has 0 unspecified atom stereocenters. The number of unbranched alkanes of at least 4 members (excludes halogenated alkanes) is 1. The second-order valence-electron chi connectivity index (χ2n) is 7.00. The predicted molar refractivity (Wildman–Crippen MR) is 126 cm³/mol. The first-order chi connectivity index (χ1) is 14.4. The lowest BCUT2D eigenvalue weighted by Crippen LogP contribution is -2.47. The molecule has 0 aliphatic rings. The molecule has 0 aromatic heterocycles. The SMILES string of the molecule is CCCCNC(=O)[C@H](C)N(Cc1ccc(Cl)c(Cl)c1)C(=O)CCSc1ccccc1. The Kier molecular flexibility index (Phi) is 10.6. The van der Waals surface area contributed by atoms with Crippen LogP contribution < -0.4 is 5.32 Å². The number of benzene rings is 2. The molecule has 2 rings (SSSR count). The minimum absolute atomic E-state index is 0.0670. The van der Waals surface area contributed by atoms with Crippen LogP contribution in [0.2, 0.25) is 10.0 Å². The molecular weight excluding hydrogens is 439 g/mol. The lowest BCUT2D eigenvalue weighted by atomic mass is 10.1. The van der Waals surface area contributed by atoms with Crippen LogP contribution in [0.25, 0.3) is 0 Å². The molecule has 0 radical (unpaired) electrons. The van der Waals surface area contributed by atoms with Crippen molar-refractivity contribution in [3.05, 3.63) is 64.1 Å². The summed E-state index contributed by atoms with van der Waals surface area (Å²) in [5.74, 6) is 0.431. The van der Waals surface area contributed by atoms with Gasteiger partial charge in [-0.3, -0.25) is 9.59 Å². The smallest absolute Gasteiger partial charge is 0.242 e. The highest BCUT2D eigenvalue weighted by Crippen LogP contribution is 2.24. The molecule has 7 heteroatoms. The van der Waals surface area contributed by atoms with E-state index in [1.807, 2.05) is 36.4 Å². The van der Waals surface area contributed by atoms with Crippen molar-refractivity contribution in [3.8, 4) is 0 Å². The van der Waals surface area contributed by atoms with Crippen LogP contribution in [-0.2, 0) is 16.1 Å². The summed E-state index contributed by atoms with van der Waals surface area (Å²) in [5, 5.41) is 3.81. The number of hydrogen-bond acceptors (Lipinski definition) is 3. The van der Waals surface area contributed by atoms with Crippen LogP contribution in [0.1, 0.15) is 38.7 Å². The summed E-state index contributed by atoms with van der Waals surface area (Å²) in [6, 6.07) is 14.7. The van der Waals surface area contributed by atoms with Crippen LogP contribution in [0.15, 0.2) is 53.4 Å². The highest BCUT2D eigenvalue weighted by molar-refractivity contribution is 7.99. The molecule has 0 saturated carbocycles. The summed E-state index contributed by atoms with van der Waals surface area (Å²) in [6.45, 7) is 4.74. The van der Waals surface area contributed by atoms with Gasteiger partial charge in [-0.1, -0.05) is 60.8 Å². The third-order valence-corrected chi connectivity index (χ3v) is 6.41. The number of carbonyl (C=O) groups is 2. The molecule has 0 aliphatic heterocycles. The minimum atomic E-state index is -0.578. The van der Waals surface area contributed by atoms with Gasteiger partial charge in [0.1, 0.15) is 6.04 Å².